The van der Waals surface area contributed by atoms with Gasteiger partial charge in [0.1, 0.15) is 28.7 Å². The molecule has 36 heavy (non-hydrogen) atoms. The van der Waals surface area contributed by atoms with Crippen molar-refractivity contribution in [2.45, 2.75) is 0 Å². The normalized spacial score (nSPS) is 11.2. The Labute approximate surface area is 212 Å². The van der Waals surface area contributed by atoms with Gasteiger partial charge in [0, 0.05) is 23.3 Å². The van der Waals surface area contributed by atoms with E-state index in [9.17, 15) is 4.79 Å². The number of methoxy groups -OCH3 is 5. The molecule has 0 aliphatic rings. The highest BCUT2D eigenvalue weighted by molar-refractivity contribution is 6.05. The van der Waals surface area contributed by atoms with Crippen molar-refractivity contribution in [3.63, 3.8) is 0 Å². The standard InChI is InChI=1S/C30H30O6/c1-32-25-14-7-21(8-15-25)6-9-23-18-27(34-3)20-30(36-5)28(23)17-13-24(31)12-10-22-11-16-26(33-2)19-29(22)35-4/h6-20H,1-5H3/b9-6+,12-10+,17-13+. The highest BCUT2D eigenvalue weighted by Crippen LogP contribution is 2.32. The van der Waals surface area contributed by atoms with Crippen molar-refractivity contribution in [2.24, 2.45) is 0 Å². The van der Waals surface area contributed by atoms with Gasteiger partial charge in [0.25, 0.3) is 0 Å². The molecule has 0 aromatic heterocycles. The van der Waals surface area contributed by atoms with Gasteiger partial charge in [-0.05, 0) is 65.8 Å². The van der Waals surface area contributed by atoms with Gasteiger partial charge in [-0.3, -0.25) is 4.79 Å². The summed E-state index contributed by atoms with van der Waals surface area (Å²) in [6, 6.07) is 16.8. The monoisotopic (exact) mass is 486 g/mol. The molecule has 0 atom stereocenters. The summed E-state index contributed by atoms with van der Waals surface area (Å²) in [6.45, 7) is 0. The van der Waals surface area contributed by atoms with Gasteiger partial charge in [0.05, 0.1) is 35.5 Å². The lowest BCUT2D eigenvalue weighted by Crippen LogP contribution is -1.94. The zero-order valence-corrected chi connectivity index (χ0v) is 21.1. The van der Waals surface area contributed by atoms with E-state index in [1.54, 1.807) is 59.8 Å². The van der Waals surface area contributed by atoms with E-state index in [0.29, 0.717) is 23.0 Å². The zero-order valence-electron chi connectivity index (χ0n) is 21.1. The fourth-order valence-corrected chi connectivity index (χ4v) is 3.47. The van der Waals surface area contributed by atoms with Crippen LogP contribution in [0.15, 0.2) is 66.7 Å². The maximum Gasteiger partial charge on any atom is 0.178 e. The van der Waals surface area contributed by atoms with Crippen LogP contribution in [0.25, 0.3) is 24.3 Å². The van der Waals surface area contributed by atoms with Crippen LogP contribution in [-0.2, 0) is 4.79 Å². The Morgan fingerprint density at radius 3 is 1.81 bits per heavy atom. The predicted octanol–water partition coefficient (Wildman–Crippen LogP) is 6.20. The van der Waals surface area contributed by atoms with Crippen LogP contribution in [0.3, 0.4) is 0 Å². The summed E-state index contributed by atoms with van der Waals surface area (Å²) in [5, 5.41) is 0. The molecule has 0 fully saturated rings. The van der Waals surface area contributed by atoms with E-state index in [-0.39, 0.29) is 5.78 Å². The molecule has 3 aromatic rings. The fraction of sp³-hybridized carbons (Fsp3) is 0.167. The number of carbonyl (C=O) groups excluding carboxylic acids is 1. The van der Waals surface area contributed by atoms with Crippen LogP contribution < -0.4 is 23.7 Å². The number of rotatable bonds is 11. The summed E-state index contributed by atoms with van der Waals surface area (Å²) >= 11 is 0. The minimum atomic E-state index is -0.184. The largest absolute Gasteiger partial charge is 0.497 e. The quantitative estimate of drug-likeness (QED) is 0.238. The molecule has 0 unspecified atom stereocenters. The molecule has 0 amide bonds. The average Bonchev–Trinajstić information content (AvgIpc) is 2.93. The van der Waals surface area contributed by atoms with Gasteiger partial charge < -0.3 is 23.7 Å². The summed E-state index contributed by atoms with van der Waals surface area (Å²) in [6.07, 6.45) is 10.4. The number of carbonyl (C=O) groups is 1. The third-order valence-electron chi connectivity index (χ3n) is 5.46. The van der Waals surface area contributed by atoms with Crippen molar-refractivity contribution in [3.05, 3.63) is 89.0 Å². The first-order valence-electron chi connectivity index (χ1n) is 11.2. The average molecular weight is 487 g/mol. The lowest BCUT2D eigenvalue weighted by Gasteiger charge is -2.11. The van der Waals surface area contributed by atoms with Gasteiger partial charge in [0.15, 0.2) is 5.78 Å². The van der Waals surface area contributed by atoms with E-state index >= 15 is 0 Å². The molecule has 3 rings (SSSR count). The first kappa shape index (κ1) is 26.2. The molecule has 0 aliphatic heterocycles. The van der Waals surface area contributed by atoms with Crippen LogP contribution in [0.2, 0.25) is 0 Å². The third kappa shape index (κ3) is 6.79. The minimum absolute atomic E-state index is 0.184. The van der Waals surface area contributed by atoms with Crippen LogP contribution in [0.5, 0.6) is 28.7 Å². The van der Waals surface area contributed by atoms with E-state index in [4.69, 9.17) is 23.7 Å². The lowest BCUT2D eigenvalue weighted by molar-refractivity contribution is -0.110. The van der Waals surface area contributed by atoms with Crippen LogP contribution >= 0.6 is 0 Å². The Morgan fingerprint density at radius 2 is 1.17 bits per heavy atom. The van der Waals surface area contributed by atoms with Gasteiger partial charge in [-0.25, -0.2) is 0 Å². The van der Waals surface area contributed by atoms with Crippen molar-refractivity contribution < 1.29 is 28.5 Å². The molecule has 6 heteroatoms. The van der Waals surface area contributed by atoms with Crippen LogP contribution in [0, 0.1) is 0 Å². The van der Waals surface area contributed by atoms with Crippen molar-refractivity contribution >= 4 is 30.1 Å². The molecule has 0 bridgehead atoms. The lowest BCUT2D eigenvalue weighted by atomic mass is 10.0. The van der Waals surface area contributed by atoms with Crippen molar-refractivity contribution in [3.8, 4) is 28.7 Å². The zero-order chi connectivity index (χ0) is 25.9. The molecule has 0 N–H and O–H groups in total. The highest BCUT2D eigenvalue weighted by Gasteiger charge is 2.09. The molecule has 0 heterocycles. The third-order valence-corrected chi connectivity index (χ3v) is 5.46. The van der Waals surface area contributed by atoms with Crippen LogP contribution in [-0.4, -0.2) is 41.3 Å². The van der Waals surface area contributed by atoms with E-state index in [0.717, 1.165) is 28.0 Å². The highest BCUT2D eigenvalue weighted by atomic mass is 16.5. The number of allylic oxidation sites excluding steroid dienone is 2. The molecule has 3 aromatic carbocycles. The van der Waals surface area contributed by atoms with Gasteiger partial charge in [-0.15, -0.1) is 0 Å². The smallest absolute Gasteiger partial charge is 0.178 e. The van der Waals surface area contributed by atoms with E-state index in [1.165, 1.54) is 12.2 Å². The number of ether oxygens (including phenoxy) is 5. The molecule has 0 saturated heterocycles. The Bertz CT molecular complexity index is 1270. The Kier molecular flexibility index (Phi) is 9.34. The molecular formula is C30H30O6. The fourth-order valence-electron chi connectivity index (χ4n) is 3.47. The maximum absolute atomic E-state index is 12.7. The number of hydrogen-bond donors (Lipinski definition) is 0. The Balaban J connectivity index is 1.88. The van der Waals surface area contributed by atoms with Crippen molar-refractivity contribution in [1.29, 1.82) is 0 Å². The summed E-state index contributed by atoms with van der Waals surface area (Å²) in [4.78, 5) is 12.7. The molecule has 0 radical (unpaired) electrons. The van der Waals surface area contributed by atoms with E-state index in [1.807, 2.05) is 54.6 Å². The number of benzene rings is 3. The molecule has 0 aliphatic carbocycles. The van der Waals surface area contributed by atoms with E-state index in [2.05, 4.69) is 0 Å². The molecule has 6 nitrogen and oxygen atoms in total. The van der Waals surface area contributed by atoms with Crippen LogP contribution in [0.4, 0.5) is 0 Å². The van der Waals surface area contributed by atoms with Gasteiger partial charge in [0.2, 0.25) is 0 Å². The Hall–Kier alpha value is -4.45. The summed E-state index contributed by atoms with van der Waals surface area (Å²) < 4.78 is 26.8. The predicted molar refractivity (Wildman–Crippen MR) is 144 cm³/mol. The molecular weight excluding hydrogens is 456 g/mol. The number of hydrogen-bond acceptors (Lipinski definition) is 6. The second kappa shape index (κ2) is 12.9. The first-order valence-corrected chi connectivity index (χ1v) is 11.2. The maximum atomic E-state index is 12.7. The van der Waals surface area contributed by atoms with Gasteiger partial charge in [-0.1, -0.05) is 24.3 Å². The topological polar surface area (TPSA) is 63.2 Å². The second-order valence-corrected chi connectivity index (χ2v) is 7.62. The summed E-state index contributed by atoms with van der Waals surface area (Å²) in [7, 11) is 7.98. The minimum Gasteiger partial charge on any atom is -0.497 e. The van der Waals surface area contributed by atoms with Crippen molar-refractivity contribution in [2.75, 3.05) is 35.5 Å². The van der Waals surface area contributed by atoms with Gasteiger partial charge in [-0.2, -0.15) is 0 Å². The SMILES string of the molecule is COc1ccc(/C=C/c2cc(OC)cc(OC)c2/C=C/C(=O)/C=C/c2ccc(OC)cc2OC)cc1. The second-order valence-electron chi connectivity index (χ2n) is 7.62. The van der Waals surface area contributed by atoms with E-state index < -0.39 is 0 Å². The molecule has 0 saturated carbocycles. The Morgan fingerprint density at radius 1 is 0.556 bits per heavy atom. The van der Waals surface area contributed by atoms with Crippen molar-refractivity contribution in [1.82, 2.24) is 0 Å². The molecule has 186 valence electrons. The summed E-state index contributed by atoms with van der Waals surface area (Å²) in [5.41, 5.74) is 3.36. The number of ketones is 1. The van der Waals surface area contributed by atoms with Gasteiger partial charge >= 0.3 is 0 Å². The van der Waals surface area contributed by atoms with Crippen LogP contribution in [0.1, 0.15) is 22.3 Å². The molecule has 0 spiro atoms. The first-order chi connectivity index (χ1) is 17.5. The summed E-state index contributed by atoms with van der Waals surface area (Å²) in [5.74, 6) is 3.14.